The molecule has 3 aromatic rings. The van der Waals surface area contributed by atoms with Crippen LogP contribution in [0.5, 0.6) is 17.2 Å². The lowest BCUT2D eigenvalue weighted by molar-refractivity contribution is -0.157. The third kappa shape index (κ3) is 6.55. The molecule has 36 heavy (non-hydrogen) atoms. The summed E-state index contributed by atoms with van der Waals surface area (Å²) in [5.74, 6) is -1.62. The number of esters is 1. The second kappa shape index (κ2) is 11.9. The van der Waals surface area contributed by atoms with Gasteiger partial charge in [-0.2, -0.15) is 0 Å². The van der Waals surface area contributed by atoms with E-state index in [0.29, 0.717) is 10.8 Å². The quantitative estimate of drug-likeness (QED) is 0.262. The number of ketones is 1. The van der Waals surface area contributed by atoms with Crippen LogP contribution in [0.15, 0.2) is 54.7 Å². The normalized spacial score (nSPS) is 13.4. The van der Waals surface area contributed by atoms with Crippen LogP contribution in [0.25, 0.3) is 0 Å². The third-order valence-corrected chi connectivity index (χ3v) is 6.04. The molecule has 3 rings (SSSR count). The first-order chi connectivity index (χ1) is 17.1. The maximum atomic E-state index is 12.9. The summed E-state index contributed by atoms with van der Waals surface area (Å²) in [6, 6.07) is 14.6. The molecule has 0 fully saturated rings. The van der Waals surface area contributed by atoms with Gasteiger partial charge in [0, 0.05) is 18.7 Å². The summed E-state index contributed by atoms with van der Waals surface area (Å²) in [4.78, 5) is 29.6. The van der Waals surface area contributed by atoms with E-state index in [1.54, 1.807) is 26.0 Å². The molecule has 0 unspecified atom stereocenters. The maximum absolute atomic E-state index is 12.9. The number of hydrogen-bond acceptors (Lipinski definition) is 7. The fourth-order valence-corrected chi connectivity index (χ4v) is 3.93. The van der Waals surface area contributed by atoms with Crippen LogP contribution < -0.4 is 9.47 Å². The molecule has 1 aromatic heterocycles. The zero-order chi connectivity index (χ0) is 26.4. The predicted octanol–water partition coefficient (Wildman–Crippen LogP) is 6.03. The highest BCUT2D eigenvalue weighted by molar-refractivity contribution is 6.32. The van der Waals surface area contributed by atoms with Crippen molar-refractivity contribution < 1.29 is 28.9 Å². The first-order valence-electron chi connectivity index (χ1n) is 11.6. The molecule has 2 aromatic carbocycles. The smallest absolute Gasteiger partial charge is 0.309 e. The standard InChI is InChI=1S/C28H30ClNO6/c1-16-6-9-20(10-7-16)27(36-23-11-8-17(2)14-21(23)29)19(4)35-28(33)18(3)15-22(31)25-26(32)24(34-5)12-13-30-25/h6-14,18-19,27,32H,15H2,1-5H3/t18-,19+,27+/m1/s1. The van der Waals surface area contributed by atoms with Crippen LogP contribution in [0.2, 0.25) is 5.02 Å². The third-order valence-electron chi connectivity index (χ3n) is 5.74. The van der Waals surface area contributed by atoms with E-state index in [-0.39, 0.29) is 23.6 Å². The molecular weight excluding hydrogens is 482 g/mol. The molecule has 0 saturated heterocycles. The van der Waals surface area contributed by atoms with Crippen LogP contribution in [0.4, 0.5) is 0 Å². The van der Waals surface area contributed by atoms with E-state index < -0.39 is 29.9 Å². The second-order valence-electron chi connectivity index (χ2n) is 8.76. The highest BCUT2D eigenvalue weighted by atomic mass is 35.5. The Bertz CT molecular complexity index is 1230. The van der Waals surface area contributed by atoms with Crippen LogP contribution in [-0.4, -0.2) is 35.1 Å². The minimum atomic E-state index is -0.783. The topological polar surface area (TPSA) is 95.0 Å². The lowest BCUT2D eigenvalue weighted by atomic mass is 10.0. The van der Waals surface area contributed by atoms with E-state index in [9.17, 15) is 14.7 Å². The SMILES string of the molecule is COc1ccnc(C(=O)C[C@@H](C)C(=O)O[C@@H](C)[C@H](Oc2ccc(C)cc2Cl)c2ccc(C)cc2)c1O. The Hall–Kier alpha value is -3.58. The van der Waals surface area contributed by atoms with Crippen LogP contribution in [0, 0.1) is 19.8 Å². The van der Waals surface area contributed by atoms with Crippen molar-refractivity contribution in [1.29, 1.82) is 0 Å². The number of benzene rings is 2. The highest BCUT2D eigenvalue weighted by Gasteiger charge is 2.29. The molecule has 0 aliphatic heterocycles. The number of nitrogens with zero attached hydrogens (tertiary/aromatic N) is 1. The number of pyridine rings is 1. The van der Waals surface area contributed by atoms with Gasteiger partial charge in [-0.15, -0.1) is 0 Å². The van der Waals surface area contributed by atoms with E-state index >= 15 is 0 Å². The number of aromatic hydroxyl groups is 1. The lowest BCUT2D eigenvalue weighted by Crippen LogP contribution is -2.30. The van der Waals surface area contributed by atoms with Crippen LogP contribution in [0.3, 0.4) is 0 Å². The van der Waals surface area contributed by atoms with Gasteiger partial charge < -0.3 is 19.3 Å². The van der Waals surface area contributed by atoms with Crippen LogP contribution in [0.1, 0.15) is 53.6 Å². The summed E-state index contributed by atoms with van der Waals surface area (Å²) in [6.07, 6.45) is -0.171. The number of aryl methyl sites for hydroxylation is 2. The van der Waals surface area contributed by atoms with Gasteiger partial charge in [0.25, 0.3) is 0 Å². The van der Waals surface area contributed by atoms with Crippen molar-refractivity contribution in [1.82, 2.24) is 4.98 Å². The number of rotatable bonds is 10. The molecule has 0 saturated carbocycles. The summed E-state index contributed by atoms with van der Waals surface area (Å²) in [7, 11) is 1.38. The first kappa shape index (κ1) is 27.0. The minimum Gasteiger partial charge on any atom is -0.503 e. The van der Waals surface area contributed by atoms with E-state index in [1.807, 2.05) is 44.2 Å². The van der Waals surface area contributed by atoms with Crippen molar-refractivity contribution in [3.8, 4) is 17.2 Å². The number of methoxy groups -OCH3 is 1. The van der Waals surface area contributed by atoms with E-state index in [4.69, 9.17) is 25.8 Å². The monoisotopic (exact) mass is 511 g/mol. The van der Waals surface area contributed by atoms with Crippen LogP contribution >= 0.6 is 11.6 Å². The first-order valence-corrected chi connectivity index (χ1v) is 11.9. The van der Waals surface area contributed by atoms with Gasteiger partial charge in [-0.3, -0.25) is 9.59 Å². The number of aromatic nitrogens is 1. The Kier molecular flexibility index (Phi) is 8.93. The zero-order valence-electron chi connectivity index (χ0n) is 20.9. The van der Waals surface area contributed by atoms with Crippen molar-refractivity contribution in [2.24, 2.45) is 5.92 Å². The number of halogens is 1. The van der Waals surface area contributed by atoms with Gasteiger partial charge in [0.1, 0.15) is 11.9 Å². The molecule has 0 aliphatic carbocycles. The molecule has 1 N–H and O–H groups in total. The molecule has 0 bridgehead atoms. The number of carbonyl (C=O) groups is 2. The van der Waals surface area contributed by atoms with Crippen molar-refractivity contribution in [3.05, 3.63) is 82.1 Å². The van der Waals surface area contributed by atoms with E-state index in [1.165, 1.54) is 19.4 Å². The fraction of sp³-hybridized carbons (Fsp3) is 0.321. The minimum absolute atomic E-state index is 0.130. The Balaban J connectivity index is 1.75. The second-order valence-corrected chi connectivity index (χ2v) is 9.17. The lowest BCUT2D eigenvalue weighted by Gasteiger charge is -2.27. The molecule has 0 amide bonds. The largest absolute Gasteiger partial charge is 0.503 e. The summed E-state index contributed by atoms with van der Waals surface area (Å²) >= 11 is 6.39. The Morgan fingerprint density at radius 2 is 1.67 bits per heavy atom. The Labute approximate surface area is 216 Å². The Morgan fingerprint density at radius 3 is 2.31 bits per heavy atom. The number of hydrogen-bond donors (Lipinski definition) is 1. The van der Waals surface area contributed by atoms with Crippen molar-refractivity contribution in [3.63, 3.8) is 0 Å². The van der Waals surface area contributed by atoms with Gasteiger partial charge in [0.05, 0.1) is 18.1 Å². The molecule has 0 spiro atoms. The summed E-state index contributed by atoms with van der Waals surface area (Å²) in [6.45, 7) is 7.23. The number of carbonyl (C=O) groups excluding carboxylic acids is 2. The molecule has 0 radical (unpaired) electrons. The zero-order valence-corrected chi connectivity index (χ0v) is 21.7. The molecule has 190 valence electrons. The number of Topliss-reactive ketones (excluding diaryl/α,β-unsaturated/α-hetero) is 1. The van der Waals surface area contributed by atoms with E-state index in [2.05, 4.69) is 4.98 Å². The predicted molar refractivity (Wildman–Crippen MR) is 137 cm³/mol. The van der Waals surface area contributed by atoms with Crippen molar-refractivity contribution in [2.75, 3.05) is 7.11 Å². The summed E-state index contributed by atoms with van der Waals surface area (Å²) < 4.78 is 17.0. The summed E-state index contributed by atoms with van der Waals surface area (Å²) in [5, 5.41) is 10.7. The molecule has 7 nitrogen and oxygen atoms in total. The van der Waals surface area contributed by atoms with Gasteiger partial charge >= 0.3 is 5.97 Å². The van der Waals surface area contributed by atoms with Gasteiger partial charge in [0.2, 0.25) is 0 Å². The molecular formula is C28H30ClNO6. The van der Waals surface area contributed by atoms with Crippen LogP contribution in [-0.2, 0) is 9.53 Å². The number of ether oxygens (including phenoxy) is 3. The van der Waals surface area contributed by atoms with Crippen molar-refractivity contribution in [2.45, 2.75) is 46.3 Å². The average molecular weight is 512 g/mol. The van der Waals surface area contributed by atoms with Crippen molar-refractivity contribution >= 4 is 23.4 Å². The van der Waals surface area contributed by atoms with Gasteiger partial charge in [-0.05, 0) is 44.0 Å². The average Bonchev–Trinajstić information content (AvgIpc) is 2.84. The Morgan fingerprint density at radius 1 is 1.00 bits per heavy atom. The maximum Gasteiger partial charge on any atom is 0.309 e. The fourth-order valence-electron chi connectivity index (χ4n) is 3.65. The molecule has 8 heteroatoms. The molecule has 1 heterocycles. The van der Waals surface area contributed by atoms with Gasteiger partial charge in [0.15, 0.2) is 29.1 Å². The van der Waals surface area contributed by atoms with Gasteiger partial charge in [-0.25, -0.2) is 4.98 Å². The summed E-state index contributed by atoms with van der Waals surface area (Å²) in [5.41, 5.74) is 2.73. The van der Waals surface area contributed by atoms with E-state index in [0.717, 1.165) is 16.7 Å². The molecule has 0 aliphatic rings. The molecule has 3 atom stereocenters. The highest BCUT2D eigenvalue weighted by Crippen LogP contribution is 2.33. The van der Waals surface area contributed by atoms with Gasteiger partial charge in [-0.1, -0.05) is 54.4 Å².